The molecule has 142 valence electrons. The summed E-state index contributed by atoms with van der Waals surface area (Å²) < 4.78 is 2.30. The van der Waals surface area contributed by atoms with Gasteiger partial charge in [0, 0.05) is 36.1 Å². The SMILES string of the molecule is Cc1[nH]cnc1CCCc1cc2ccccc2n1C.O=C(O)C=CC(=O)O. The molecule has 0 radical (unpaired) electrons. The first-order valence-corrected chi connectivity index (χ1v) is 8.54. The van der Waals surface area contributed by atoms with Crippen LogP contribution in [-0.2, 0) is 29.5 Å². The number of aliphatic carboxylic acids is 2. The van der Waals surface area contributed by atoms with Crippen molar-refractivity contribution < 1.29 is 19.8 Å². The lowest BCUT2D eigenvalue weighted by Crippen LogP contribution is -1.98. The quantitative estimate of drug-likeness (QED) is 0.579. The van der Waals surface area contributed by atoms with Crippen LogP contribution in [0, 0.1) is 6.92 Å². The lowest BCUT2D eigenvalue weighted by Gasteiger charge is -2.04. The van der Waals surface area contributed by atoms with Crippen LogP contribution in [0.1, 0.15) is 23.5 Å². The van der Waals surface area contributed by atoms with Gasteiger partial charge in [0.2, 0.25) is 0 Å². The lowest BCUT2D eigenvalue weighted by atomic mass is 10.1. The van der Waals surface area contributed by atoms with Crippen LogP contribution >= 0.6 is 0 Å². The van der Waals surface area contributed by atoms with Crippen molar-refractivity contribution in [2.45, 2.75) is 26.2 Å². The summed E-state index contributed by atoms with van der Waals surface area (Å²) in [5, 5.41) is 17.0. The highest BCUT2D eigenvalue weighted by atomic mass is 16.4. The number of H-pyrrole nitrogens is 1. The minimum Gasteiger partial charge on any atom is -0.478 e. The molecular formula is C20H23N3O4. The Morgan fingerprint density at radius 3 is 2.37 bits per heavy atom. The van der Waals surface area contributed by atoms with Crippen molar-refractivity contribution in [1.29, 1.82) is 0 Å². The number of carboxylic acids is 2. The van der Waals surface area contributed by atoms with Gasteiger partial charge in [-0.15, -0.1) is 0 Å². The van der Waals surface area contributed by atoms with E-state index in [1.807, 2.05) is 0 Å². The van der Waals surface area contributed by atoms with Gasteiger partial charge in [0.05, 0.1) is 12.0 Å². The average molecular weight is 369 g/mol. The third-order valence-electron chi connectivity index (χ3n) is 4.20. The Morgan fingerprint density at radius 2 is 1.81 bits per heavy atom. The predicted octanol–water partition coefficient (Wildman–Crippen LogP) is 3.10. The minimum absolute atomic E-state index is 0.558. The van der Waals surface area contributed by atoms with Gasteiger partial charge in [0.25, 0.3) is 0 Å². The Hall–Kier alpha value is -3.35. The van der Waals surface area contributed by atoms with E-state index in [0.29, 0.717) is 12.2 Å². The molecule has 3 aromatic rings. The van der Waals surface area contributed by atoms with Gasteiger partial charge >= 0.3 is 11.9 Å². The van der Waals surface area contributed by atoms with Crippen molar-refractivity contribution >= 4 is 22.8 Å². The summed E-state index contributed by atoms with van der Waals surface area (Å²) in [6.07, 6.45) is 6.16. The smallest absolute Gasteiger partial charge is 0.328 e. The predicted molar refractivity (Wildman–Crippen MR) is 103 cm³/mol. The first-order chi connectivity index (χ1) is 12.9. The van der Waals surface area contributed by atoms with E-state index in [-0.39, 0.29) is 0 Å². The molecule has 1 aromatic carbocycles. The van der Waals surface area contributed by atoms with Gasteiger partial charge in [-0.1, -0.05) is 18.2 Å². The number of hydrogen-bond donors (Lipinski definition) is 3. The van der Waals surface area contributed by atoms with E-state index in [1.54, 1.807) is 6.33 Å². The Labute approximate surface area is 157 Å². The number of aromatic nitrogens is 3. The molecule has 0 fully saturated rings. The third kappa shape index (κ3) is 5.85. The molecule has 7 nitrogen and oxygen atoms in total. The van der Waals surface area contributed by atoms with E-state index in [0.717, 1.165) is 19.3 Å². The van der Waals surface area contributed by atoms with Crippen molar-refractivity contribution in [3.8, 4) is 0 Å². The molecule has 7 heteroatoms. The van der Waals surface area contributed by atoms with Gasteiger partial charge in [0.15, 0.2) is 0 Å². The second-order valence-corrected chi connectivity index (χ2v) is 6.09. The normalized spacial score (nSPS) is 10.7. The largest absolute Gasteiger partial charge is 0.478 e. The van der Waals surface area contributed by atoms with Gasteiger partial charge in [0.1, 0.15) is 0 Å². The monoisotopic (exact) mass is 369 g/mol. The summed E-state index contributed by atoms with van der Waals surface area (Å²) in [5.41, 5.74) is 5.10. The number of rotatable bonds is 6. The number of carbonyl (C=O) groups is 2. The Kier molecular flexibility index (Phi) is 6.93. The van der Waals surface area contributed by atoms with Gasteiger partial charge in [-0.05, 0) is 43.7 Å². The van der Waals surface area contributed by atoms with Crippen LogP contribution in [0.3, 0.4) is 0 Å². The number of nitrogens with zero attached hydrogens (tertiary/aromatic N) is 2. The number of nitrogens with one attached hydrogen (secondary N) is 1. The fourth-order valence-electron chi connectivity index (χ4n) is 2.80. The molecule has 2 aromatic heterocycles. The molecule has 3 rings (SSSR count). The minimum atomic E-state index is -1.26. The van der Waals surface area contributed by atoms with Gasteiger partial charge < -0.3 is 19.8 Å². The zero-order chi connectivity index (χ0) is 19.8. The number of hydrogen-bond acceptors (Lipinski definition) is 3. The number of fused-ring (bicyclic) bond motifs is 1. The molecule has 0 saturated carbocycles. The molecular weight excluding hydrogens is 346 g/mol. The number of carboxylic acid groups (broad SMARTS) is 2. The molecule has 0 amide bonds. The van der Waals surface area contributed by atoms with Crippen molar-refractivity contribution in [1.82, 2.24) is 14.5 Å². The number of benzene rings is 1. The highest BCUT2D eigenvalue weighted by Gasteiger charge is 2.06. The first kappa shape index (κ1) is 20.0. The second-order valence-electron chi connectivity index (χ2n) is 6.09. The van der Waals surface area contributed by atoms with Gasteiger partial charge in [-0.2, -0.15) is 0 Å². The summed E-state index contributed by atoms with van der Waals surface area (Å²) >= 11 is 0. The summed E-state index contributed by atoms with van der Waals surface area (Å²) in [6.45, 7) is 2.08. The number of imidazole rings is 1. The molecule has 0 unspecified atom stereocenters. The molecule has 0 aliphatic rings. The lowest BCUT2D eigenvalue weighted by molar-refractivity contribution is -0.134. The highest BCUT2D eigenvalue weighted by molar-refractivity contribution is 5.89. The third-order valence-corrected chi connectivity index (χ3v) is 4.20. The van der Waals surface area contributed by atoms with Crippen LogP contribution in [0.4, 0.5) is 0 Å². The topological polar surface area (TPSA) is 108 Å². The molecule has 0 atom stereocenters. The first-order valence-electron chi connectivity index (χ1n) is 8.54. The average Bonchev–Trinajstić information content (AvgIpc) is 3.18. The van der Waals surface area contributed by atoms with Crippen molar-refractivity contribution in [3.05, 3.63) is 65.9 Å². The number of aromatic amines is 1. The van der Waals surface area contributed by atoms with Gasteiger partial charge in [-0.25, -0.2) is 14.6 Å². The van der Waals surface area contributed by atoms with Gasteiger partial charge in [-0.3, -0.25) is 0 Å². The maximum absolute atomic E-state index is 9.55. The summed E-state index contributed by atoms with van der Waals surface area (Å²) in [6, 6.07) is 10.8. The Morgan fingerprint density at radius 1 is 1.15 bits per heavy atom. The Balaban J connectivity index is 0.000000279. The molecule has 0 aliphatic carbocycles. The van der Waals surface area contributed by atoms with E-state index >= 15 is 0 Å². The standard InChI is InChI=1S/C16H19N3.C4H4O4/c1-12-15(18-11-17-12)8-5-7-14-10-13-6-3-4-9-16(13)19(14)2;5-3(6)1-2-4(7)8/h3-4,6,9-11H,5,7-8H2,1-2H3,(H,17,18);1-2H,(H,5,6)(H,7,8). The molecule has 0 saturated heterocycles. The van der Waals surface area contributed by atoms with Crippen LogP contribution in [0.15, 0.2) is 48.8 Å². The maximum atomic E-state index is 9.55. The summed E-state index contributed by atoms with van der Waals surface area (Å²) in [5.74, 6) is -2.51. The van der Waals surface area contributed by atoms with Crippen LogP contribution in [0.25, 0.3) is 10.9 Å². The van der Waals surface area contributed by atoms with E-state index in [4.69, 9.17) is 10.2 Å². The number of aryl methyl sites for hydroxylation is 4. The molecule has 0 spiro atoms. The van der Waals surface area contributed by atoms with Crippen molar-refractivity contribution in [2.75, 3.05) is 0 Å². The van der Waals surface area contributed by atoms with E-state index in [2.05, 4.69) is 58.8 Å². The zero-order valence-corrected chi connectivity index (χ0v) is 15.3. The van der Waals surface area contributed by atoms with Crippen LogP contribution in [0.2, 0.25) is 0 Å². The van der Waals surface area contributed by atoms with Crippen molar-refractivity contribution in [2.24, 2.45) is 7.05 Å². The van der Waals surface area contributed by atoms with Crippen molar-refractivity contribution in [3.63, 3.8) is 0 Å². The molecule has 0 bridgehead atoms. The molecule has 0 aliphatic heterocycles. The molecule has 2 heterocycles. The second kappa shape index (κ2) is 9.38. The van der Waals surface area contributed by atoms with Crippen LogP contribution < -0.4 is 0 Å². The fourth-order valence-corrected chi connectivity index (χ4v) is 2.80. The number of para-hydroxylation sites is 1. The molecule has 27 heavy (non-hydrogen) atoms. The summed E-state index contributed by atoms with van der Waals surface area (Å²) in [4.78, 5) is 26.6. The summed E-state index contributed by atoms with van der Waals surface area (Å²) in [7, 11) is 2.15. The highest BCUT2D eigenvalue weighted by Crippen LogP contribution is 2.19. The van der Waals surface area contributed by atoms with E-state index in [9.17, 15) is 9.59 Å². The van der Waals surface area contributed by atoms with Crippen LogP contribution in [0.5, 0.6) is 0 Å². The van der Waals surface area contributed by atoms with Crippen LogP contribution in [-0.4, -0.2) is 36.7 Å². The van der Waals surface area contributed by atoms with E-state index < -0.39 is 11.9 Å². The Bertz CT molecular complexity index is 937. The van der Waals surface area contributed by atoms with E-state index in [1.165, 1.54) is 28.0 Å². The zero-order valence-electron chi connectivity index (χ0n) is 15.3. The fraction of sp³-hybridized carbons (Fsp3) is 0.250. The molecule has 3 N–H and O–H groups in total. The maximum Gasteiger partial charge on any atom is 0.328 e.